The largest absolute Gasteiger partial charge is 0.507 e. The van der Waals surface area contributed by atoms with Crippen LogP contribution in [0.2, 0.25) is 0 Å². The van der Waals surface area contributed by atoms with Gasteiger partial charge in [-0.1, -0.05) is 5.92 Å². The van der Waals surface area contributed by atoms with E-state index in [1.54, 1.807) is 13.0 Å². The molecule has 0 aromatic heterocycles. The SMILES string of the molecule is C#CC#CC#CC#CC#CC#CC#CC#CC#CC#CC#CC#CC#CC#CC#CC#CC#CC.CSc1cc(C=O)c(Br)cc1O. The predicted octanol–water partition coefficient (Wildman–Crippen LogP) is 3.38. The molecule has 0 atom stereocenters. The molecule has 0 saturated heterocycles. The summed E-state index contributed by atoms with van der Waals surface area (Å²) in [6.45, 7) is 1.69. The molecule has 1 N–H and O–H groups in total. The van der Waals surface area contributed by atoms with Crippen LogP contribution in [0, 0.1) is 202 Å². The normalized spacial score (nSPS) is 5.40. The number of phenolic OH excluding ortho intramolecular Hbond substituents is 1. The Morgan fingerprint density at radius 3 is 1.06 bits per heavy atom. The van der Waals surface area contributed by atoms with Gasteiger partial charge in [0.2, 0.25) is 0 Å². The zero-order valence-electron chi connectivity index (χ0n) is 24.5. The van der Waals surface area contributed by atoms with Crippen LogP contribution < -0.4 is 0 Å². The third-order valence-electron chi connectivity index (χ3n) is 3.50. The molecule has 0 aliphatic heterocycles. The lowest BCUT2D eigenvalue weighted by molar-refractivity contribution is 0.112. The minimum absolute atomic E-state index is 0.194. The first-order valence-electron chi connectivity index (χ1n) is 12.0. The summed E-state index contributed by atoms with van der Waals surface area (Å²) < 4.78 is 0.618. The highest BCUT2D eigenvalue weighted by Crippen LogP contribution is 2.31. The first-order valence-corrected chi connectivity index (χ1v) is 14.0. The molecule has 1 aromatic carbocycles. The van der Waals surface area contributed by atoms with Crippen LogP contribution in [0.15, 0.2) is 21.5 Å². The fraction of sp³-hybridized carbons (Fsp3) is 0.0465. The predicted molar refractivity (Wildman–Crippen MR) is 192 cm³/mol. The topological polar surface area (TPSA) is 37.3 Å². The lowest BCUT2D eigenvalue weighted by Gasteiger charge is -2.03. The molecule has 0 aliphatic rings. The first-order chi connectivity index (χ1) is 23.1. The van der Waals surface area contributed by atoms with Crippen molar-refractivity contribution in [2.24, 2.45) is 0 Å². The number of phenols is 1. The molecule has 1 aromatic rings. The van der Waals surface area contributed by atoms with E-state index in [1.807, 2.05) is 6.26 Å². The summed E-state index contributed by atoms with van der Waals surface area (Å²) >= 11 is 4.57. The molecular weight excluding hydrogens is 660 g/mol. The van der Waals surface area contributed by atoms with Gasteiger partial charge in [-0.2, -0.15) is 0 Å². The lowest BCUT2D eigenvalue weighted by atomic mass is 10.2. The van der Waals surface area contributed by atoms with Gasteiger partial charge in [-0.25, -0.2) is 0 Å². The van der Waals surface area contributed by atoms with Crippen molar-refractivity contribution in [2.45, 2.75) is 11.8 Å². The zero-order chi connectivity index (χ0) is 34.5. The number of carbonyl (C=O) groups excluding carboxylic acids is 1. The second-order valence-corrected chi connectivity index (χ2v) is 8.14. The maximum Gasteiger partial charge on any atom is 0.151 e. The van der Waals surface area contributed by atoms with E-state index in [4.69, 9.17) is 6.42 Å². The minimum Gasteiger partial charge on any atom is -0.507 e. The number of rotatable bonds is 2. The Morgan fingerprint density at radius 2 is 0.830 bits per heavy atom. The number of thioether (sulfide) groups is 1. The number of aldehydes is 1. The van der Waals surface area contributed by atoms with Gasteiger partial charge in [0, 0.05) is 110 Å². The van der Waals surface area contributed by atoms with Crippen molar-refractivity contribution >= 4 is 34.0 Å². The molecule has 208 valence electrons. The average Bonchev–Trinajstić information content (AvgIpc) is 3.07. The number of hydrogen-bond acceptors (Lipinski definition) is 3. The van der Waals surface area contributed by atoms with Crippen LogP contribution in [0.3, 0.4) is 0 Å². The molecular formula is C43H11BrO2S. The Balaban J connectivity index is 0.00000146. The number of carbonyl (C=O) groups is 1. The smallest absolute Gasteiger partial charge is 0.151 e. The van der Waals surface area contributed by atoms with E-state index < -0.39 is 0 Å². The van der Waals surface area contributed by atoms with E-state index in [2.05, 4.69) is 211 Å². The number of terminal acetylenes is 1. The van der Waals surface area contributed by atoms with Crippen LogP contribution in [0.1, 0.15) is 17.3 Å². The van der Waals surface area contributed by atoms with E-state index in [1.165, 1.54) is 17.8 Å². The van der Waals surface area contributed by atoms with Crippen molar-refractivity contribution < 1.29 is 9.90 Å². The van der Waals surface area contributed by atoms with Crippen LogP contribution in [-0.4, -0.2) is 17.6 Å². The Morgan fingerprint density at radius 1 is 0.553 bits per heavy atom. The van der Waals surface area contributed by atoms with Gasteiger partial charge in [-0.3, -0.25) is 4.79 Å². The molecule has 0 spiro atoms. The molecule has 4 heteroatoms. The highest BCUT2D eigenvalue weighted by atomic mass is 79.9. The summed E-state index contributed by atoms with van der Waals surface area (Å²) in [6, 6.07) is 3.17. The third-order valence-corrected chi connectivity index (χ3v) is 4.95. The quantitative estimate of drug-likeness (QED) is 0.298. The van der Waals surface area contributed by atoms with Crippen molar-refractivity contribution in [3.63, 3.8) is 0 Å². The van der Waals surface area contributed by atoms with Gasteiger partial charge in [0.05, 0.1) is 0 Å². The molecule has 0 fully saturated rings. The molecule has 0 saturated carbocycles. The molecule has 0 unspecified atom stereocenters. The highest BCUT2D eigenvalue weighted by molar-refractivity contribution is 9.10. The molecule has 0 amide bonds. The Kier molecular flexibility index (Phi) is 25.7. The Hall–Kier alpha value is -7.96. The van der Waals surface area contributed by atoms with Crippen molar-refractivity contribution in [2.75, 3.05) is 6.26 Å². The zero-order valence-corrected chi connectivity index (χ0v) is 26.9. The van der Waals surface area contributed by atoms with E-state index in [-0.39, 0.29) is 5.75 Å². The van der Waals surface area contributed by atoms with Crippen molar-refractivity contribution in [1.29, 1.82) is 0 Å². The van der Waals surface area contributed by atoms with Crippen LogP contribution in [0.5, 0.6) is 5.75 Å². The highest BCUT2D eigenvalue weighted by Gasteiger charge is 2.05. The molecule has 1 rings (SSSR count). The van der Waals surface area contributed by atoms with Gasteiger partial charge in [0.1, 0.15) is 5.75 Å². The standard InChI is InChI=1S/C35H4.C8H7BrO2S/c1-3-5-7-9-11-13-15-17-19-21-23-25-27-29-31-33-35-34-32-30-28-26-24-22-20-18-16-14-12-10-8-6-4-2;1-12-8-2-5(4-10)6(9)3-7(8)11/h1H,2H3;2-4,11H,1H3. The van der Waals surface area contributed by atoms with Gasteiger partial charge >= 0.3 is 0 Å². The Bertz CT molecular complexity index is 2490. The lowest BCUT2D eigenvalue weighted by Crippen LogP contribution is -1.83. The van der Waals surface area contributed by atoms with Crippen LogP contribution in [0.25, 0.3) is 0 Å². The van der Waals surface area contributed by atoms with E-state index in [0.29, 0.717) is 14.9 Å². The van der Waals surface area contributed by atoms with Crippen LogP contribution in [-0.2, 0) is 0 Å². The second-order valence-electron chi connectivity index (χ2n) is 6.43. The van der Waals surface area contributed by atoms with Gasteiger partial charge < -0.3 is 5.11 Å². The molecule has 0 bridgehead atoms. The summed E-state index contributed by atoms with van der Waals surface area (Å²) in [5.74, 6) is 82.1. The fourth-order valence-corrected chi connectivity index (χ4v) is 2.75. The molecule has 47 heavy (non-hydrogen) atoms. The average molecular weight is 672 g/mol. The second kappa shape index (κ2) is 31.0. The van der Waals surface area contributed by atoms with Crippen molar-refractivity contribution in [3.05, 3.63) is 22.2 Å². The molecule has 0 heterocycles. The first kappa shape index (κ1) is 39.0. The molecule has 0 radical (unpaired) electrons. The number of halogens is 1. The van der Waals surface area contributed by atoms with E-state index in [9.17, 15) is 9.90 Å². The minimum atomic E-state index is 0.194. The van der Waals surface area contributed by atoms with Gasteiger partial charge in [-0.15, -0.1) is 18.2 Å². The van der Waals surface area contributed by atoms with Gasteiger partial charge in [0.25, 0.3) is 0 Å². The number of hydrogen-bond donors (Lipinski definition) is 1. The van der Waals surface area contributed by atoms with Crippen molar-refractivity contribution in [3.8, 4) is 208 Å². The maximum absolute atomic E-state index is 10.5. The summed E-state index contributed by atoms with van der Waals surface area (Å²) in [4.78, 5) is 11.2. The number of aromatic hydroxyl groups is 1. The summed E-state index contributed by atoms with van der Waals surface area (Å²) in [5, 5.41) is 9.34. The van der Waals surface area contributed by atoms with Crippen LogP contribution in [0.4, 0.5) is 0 Å². The Labute approximate surface area is 290 Å². The van der Waals surface area contributed by atoms with Crippen LogP contribution >= 0.6 is 27.7 Å². The number of benzene rings is 1. The van der Waals surface area contributed by atoms with Crippen molar-refractivity contribution in [1.82, 2.24) is 0 Å². The monoisotopic (exact) mass is 670 g/mol. The summed E-state index contributed by atoms with van der Waals surface area (Å²) in [5.41, 5.74) is 0.553. The summed E-state index contributed by atoms with van der Waals surface area (Å²) in [6.07, 6.45) is 7.52. The molecule has 0 aliphatic carbocycles. The summed E-state index contributed by atoms with van der Waals surface area (Å²) in [7, 11) is 0. The van der Waals surface area contributed by atoms with Gasteiger partial charge in [-0.05, 0) is 136 Å². The third kappa shape index (κ3) is 25.5. The van der Waals surface area contributed by atoms with E-state index >= 15 is 0 Å². The molecule has 2 nitrogen and oxygen atoms in total. The fourth-order valence-electron chi connectivity index (χ4n) is 1.82. The van der Waals surface area contributed by atoms with Gasteiger partial charge in [0.15, 0.2) is 6.29 Å². The van der Waals surface area contributed by atoms with E-state index in [0.717, 1.165) is 6.29 Å². The maximum atomic E-state index is 10.5.